The second kappa shape index (κ2) is 6.07. The lowest BCUT2D eigenvalue weighted by atomic mass is 10.1. The van der Waals surface area contributed by atoms with Crippen LogP contribution in [0.5, 0.6) is 5.75 Å². The van der Waals surface area contributed by atoms with E-state index >= 15 is 0 Å². The number of aryl methyl sites for hydroxylation is 1. The van der Waals surface area contributed by atoms with Crippen LogP contribution in [0.4, 0.5) is 0 Å². The van der Waals surface area contributed by atoms with E-state index in [1.165, 1.54) is 0 Å². The van der Waals surface area contributed by atoms with Crippen LogP contribution in [0.25, 0.3) is 0 Å². The number of ether oxygens (including phenoxy) is 1. The van der Waals surface area contributed by atoms with E-state index in [2.05, 4.69) is 16.9 Å². The van der Waals surface area contributed by atoms with Crippen molar-refractivity contribution in [3.05, 3.63) is 47.3 Å². The van der Waals surface area contributed by atoms with Crippen molar-refractivity contribution in [1.82, 2.24) is 9.78 Å². The fourth-order valence-corrected chi connectivity index (χ4v) is 1.86. The summed E-state index contributed by atoms with van der Waals surface area (Å²) in [5.74, 6) is 6.72. The van der Waals surface area contributed by atoms with E-state index < -0.39 is 0 Å². The maximum absolute atomic E-state index is 5.39. The van der Waals surface area contributed by atoms with Gasteiger partial charge in [-0.1, -0.05) is 11.8 Å². The number of aromatic nitrogens is 2. The second-order valence-electron chi connectivity index (χ2n) is 4.16. The Morgan fingerprint density at radius 2 is 2.21 bits per heavy atom. The average Bonchev–Trinajstić information content (AvgIpc) is 2.82. The van der Waals surface area contributed by atoms with Crippen LogP contribution < -0.4 is 10.5 Å². The molecule has 1 heterocycles. The Bertz CT molecular complexity index is 620. The van der Waals surface area contributed by atoms with Crippen LogP contribution in [0, 0.1) is 18.8 Å². The lowest BCUT2D eigenvalue weighted by Gasteiger charge is -2.10. The Hall–Kier alpha value is -2.25. The topological polar surface area (TPSA) is 53.1 Å². The third-order valence-corrected chi connectivity index (χ3v) is 2.86. The Labute approximate surface area is 113 Å². The standard InChI is InChI=1S/C15H17N3O/c1-12-7-9-17-18(12)11-14-10-13(4-3-8-16)5-6-15(14)19-2/h5-7,9-10H,8,11,16H2,1-2H3. The summed E-state index contributed by atoms with van der Waals surface area (Å²) < 4.78 is 7.31. The van der Waals surface area contributed by atoms with Crippen LogP contribution in [0.2, 0.25) is 0 Å². The normalized spacial score (nSPS) is 9.84. The molecule has 2 aromatic rings. The molecule has 98 valence electrons. The highest BCUT2D eigenvalue weighted by molar-refractivity contribution is 5.44. The molecule has 0 aliphatic heterocycles. The molecule has 1 aromatic heterocycles. The first-order valence-corrected chi connectivity index (χ1v) is 6.09. The van der Waals surface area contributed by atoms with Crippen molar-refractivity contribution < 1.29 is 4.74 Å². The van der Waals surface area contributed by atoms with E-state index in [-0.39, 0.29) is 0 Å². The number of nitrogens with zero attached hydrogens (tertiary/aromatic N) is 2. The quantitative estimate of drug-likeness (QED) is 0.847. The highest BCUT2D eigenvalue weighted by atomic mass is 16.5. The minimum atomic E-state index is 0.361. The zero-order valence-electron chi connectivity index (χ0n) is 11.2. The van der Waals surface area contributed by atoms with Gasteiger partial charge in [-0.2, -0.15) is 5.10 Å². The van der Waals surface area contributed by atoms with Crippen LogP contribution in [0.15, 0.2) is 30.5 Å². The lowest BCUT2D eigenvalue weighted by Crippen LogP contribution is -2.05. The Kier molecular flexibility index (Phi) is 4.22. The summed E-state index contributed by atoms with van der Waals surface area (Å²) in [5, 5.41) is 4.28. The van der Waals surface area contributed by atoms with Gasteiger partial charge in [0, 0.05) is 23.0 Å². The van der Waals surface area contributed by atoms with Crippen LogP contribution in [0.3, 0.4) is 0 Å². The Morgan fingerprint density at radius 3 is 2.84 bits per heavy atom. The largest absolute Gasteiger partial charge is 0.496 e. The van der Waals surface area contributed by atoms with Crippen LogP contribution in [-0.4, -0.2) is 23.4 Å². The lowest BCUT2D eigenvalue weighted by molar-refractivity contribution is 0.407. The molecule has 2 N–H and O–H groups in total. The molecule has 0 spiro atoms. The zero-order chi connectivity index (χ0) is 13.7. The van der Waals surface area contributed by atoms with E-state index in [0.29, 0.717) is 13.1 Å². The number of rotatable bonds is 3. The van der Waals surface area contributed by atoms with Crippen molar-refractivity contribution in [2.75, 3.05) is 13.7 Å². The molecule has 0 atom stereocenters. The predicted octanol–water partition coefficient (Wildman–Crippen LogP) is 1.56. The molecule has 0 aliphatic carbocycles. The molecule has 0 radical (unpaired) electrons. The summed E-state index contributed by atoms with van der Waals surface area (Å²) in [6.07, 6.45) is 1.79. The van der Waals surface area contributed by atoms with Gasteiger partial charge in [0.25, 0.3) is 0 Å². The van der Waals surface area contributed by atoms with E-state index in [4.69, 9.17) is 10.5 Å². The average molecular weight is 255 g/mol. The van der Waals surface area contributed by atoms with Crippen molar-refractivity contribution >= 4 is 0 Å². The first-order valence-electron chi connectivity index (χ1n) is 6.09. The monoisotopic (exact) mass is 255 g/mol. The van der Waals surface area contributed by atoms with E-state index in [9.17, 15) is 0 Å². The molecular weight excluding hydrogens is 238 g/mol. The molecule has 1 aromatic carbocycles. The van der Waals surface area contributed by atoms with Gasteiger partial charge < -0.3 is 10.5 Å². The SMILES string of the molecule is COc1ccc(C#CCN)cc1Cn1nccc1C. The fourth-order valence-electron chi connectivity index (χ4n) is 1.86. The molecule has 0 amide bonds. The van der Waals surface area contributed by atoms with Gasteiger partial charge in [0.05, 0.1) is 20.2 Å². The van der Waals surface area contributed by atoms with Gasteiger partial charge >= 0.3 is 0 Å². The van der Waals surface area contributed by atoms with Gasteiger partial charge in [0.1, 0.15) is 5.75 Å². The van der Waals surface area contributed by atoms with Crippen molar-refractivity contribution in [3.8, 4) is 17.6 Å². The van der Waals surface area contributed by atoms with E-state index in [1.54, 1.807) is 13.3 Å². The molecular formula is C15H17N3O. The summed E-state index contributed by atoms with van der Waals surface area (Å²) in [5.41, 5.74) is 8.49. The van der Waals surface area contributed by atoms with Crippen molar-refractivity contribution in [3.63, 3.8) is 0 Å². The minimum Gasteiger partial charge on any atom is -0.496 e. The van der Waals surface area contributed by atoms with Gasteiger partial charge in [-0.3, -0.25) is 4.68 Å². The molecule has 0 unspecified atom stereocenters. The minimum absolute atomic E-state index is 0.361. The smallest absolute Gasteiger partial charge is 0.124 e. The van der Waals surface area contributed by atoms with Gasteiger partial charge in [-0.25, -0.2) is 0 Å². The number of hydrogen-bond donors (Lipinski definition) is 1. The number of methoxy groups -OCH3 is 1. The predicted molar refractivity (Wildman–Crippen MR) is 75.0 cm³/mol. The number of nitrogens with two attached hydrogens (primary N) is 1. The van der Waals surface area contributed by atoms with Crippen LogP contribution in [0.1, 0.15) is 16.8 Å². The zero-order valence-corrected chi connectivity index (χ0v) is 11.2. The molecule has 4 heteroatoms. The maximum atomic E-state index is 5.39. The number of hydrogen-bond acceptors (Lipinski definition) is 3. The summed E-state index contributed by atoms with van der Waals surface area (Å²) in [4.78, 5) is 0. The van der Waals surface area contributed by atoms with E-state index in [0.717, 1.165) is 22.6 Å². The van der Waals surface area contributed by atoms with Gasteiger partial charge in [-0.05, 0) is 31.2 Å². The third kappa shape index (κ3) is 3.15. The third-order valence-electron chi connectivity index (χ3n) is 2.86. The molecule has 0 saturated heterocycles. The summed E-state index contributed by atoms with van der Waals surface area (Å²) in [7, 11) is 1.67. The molecule has 0 bridgehead atoms. The molecule has 0 aliphatic rings. The molecule has 4 nitrogen and oxygen atoms in total. The summed E-state index contributed by atoms with van der Waals surface area (Å²) >= 11 is 0. The summed E-state index contributed by atoms with van der Waals surface area (Å²) in [6, 6.07) is 7.85. The maximum Gasteiger partial charge on any atom is 0.124 e. The molecule has 0 saturated carbocycles. The molecule has 19 heavy (non-hydrogen) atoms. The van der Waals surface area contributed by atoms with Gasteiger partial charge in [0.15, 0.2) is 0 Å². The number of benzene rings is 1. The van der Waals surface area contributed by atoms with Crippen LogP contribution >= 0.6 is 0 Å². The van der Waals surface area contributed by atoms with Gasteiger partial charge in [0.2, 0.25) is 0 Å². The first-order chi connectivity index (χ1) is 9.24. The molecule has 0 fully saturated rings. The Morgan fingerprint density at radius 1 is 1.37 bits per heavy atom. The fraction of sp³-hybridized carbons (Fsp3) is 0.267. The highest BCUT2D eigenvalue weighted by Crippen LogP contribution is 2.21. The Balaban J connectivity index is 2.33. The van der Waals surface area contributed by atoms with Crippen molar-refractivity contribution in [2.24, 2.45) is 5.73 Å². The van der Waals surface area contributed by atoms with Crippen LogP contribution in [-0.2, 0) is 6.54 Å². The van der Waals surface area contributed by atoms with E-state index in [1.807, 2.05) is 35.9 Å². The van der Waals surface area contributed by atoms with Gasteiger partial charge in [-0.15, -0.1) is 0 Å². The highest BCUT2D eigenvalue weighted by Gasteiger charge is 2.06. The summed E-state index contributed by atoms with van der Waals surface area (Å²) in [6.45, 7) is 3.05. The molecule has 2 rings (SSSR count). The van der Waals surface area contributed by atoms with Crippen molar-refractivity contribution in [1.29, 1.82) is 0 Å². The first kappa shape index (κ1) is 13.2. The van der Waals surface area contributed by atoms with Crippen molar-refractivity contribution in [2.45, 2.75) is 13.5 Å². The second-order valence-corrected chi connectivity index (χ2v) is 4.16.